The maximum absolute atomic E-state index is 12.9. The van der Waals surface area contributed by atoms with E-state index >= 15 is 0 Å². The third kappa shape index (κ3) is 3.97. The average Bonchev–Trinajstić information content (AvgIpc) is 3.27. The monoisotopic (exact) mass is 370 g/mol. The summed E-state index contributed by atoms with van der Waals surface area (Å²) < 4.78 is 5.63. The normalized spacial score (nSPS) is 24.0. The number of nitrogens with zero attached hydrogens (tertiary/aromatic N) is 2. The lowest BCUT2D eigenvalue weighted by Gasteiger charge is -2.23. The van der Waals surface area contributed by atoms with Gasteiger partial charge < -0.3 is 14.5 Å². The summed E-state index contributed by atoms with van der Waals surface area (Å²) in [5, 5.41) is 0. The van der Waals surface area contributed by atoms with E-state index in [-0.39, 0.29) is 18.4 Å². The first-order chi connectivity index (χ1) is 13.1. The van der Waals surface area contributed by atoms with E-state index in [2.05, 4.69) is 0 Å². The van der Waals surface area contributed by atoms with E-state index in [4.69, 9.17) is 4.74 Å². The zero-order valence-electron chi connectivity index (χ0n) is 16.3. The smallest absolute Gasteiger partial charge is 0.260 e. The SMILES string of the molecule is Cc1ccc(OCC(=O)N2CCCN(C(=O)C3CC34CCCC4)CC2)cc1. The van der Waals surface area contributed by atoms with Gasteiger partial charge in [-0.3, -0.25) is 9.59 Å². The van der Waals surface area contributed by atoms with Gasteiger partial charge in [-0.1, -0.05) is 30.5 Å². The van der Waals surface area contributed by atoms with Crippen molar-refractivity contribution in [3.05, 3.63) is 29.8 Å². The van der Waals surface area contributed by atoms with Crippen molar-refractivity contribution < 1.29 is 14.3 Å². The van der Waals surface area contributed by atoms with Crippen LogP contribution >= 0.6 is 0 Å². The van der Waals surface area contributed by atoms with Gasteiger partial charge >= 0.3 is 0 Å². The number of amides is 2. The van der Waals surface area contributed by atoms with E-state index in [1.807, 2.05) is 41.0 Å². The number of carbonyl (C=O) groups is 2. The van der Waals surface area contributed by atoms with Crippen molar-refractivity contribution in [1.82, 2.24) is 9.80 Å². The molecule has 27 heavy (non-hydrogen) atoms. The minimum absolute atomic E-state index is 0.00330. The van der Waals surface area contributed by atoms with Crippen molar-refractivity contribution in [1.29, 1.82) is 0 Å². The van der Waals surface area contributed by atoms with Gasteiger partial charge in [0, 0.05) is 32.1 Å². The zero-order valence-corrected chi connectivity index (χ0v) is 16.3. The molecule has 1 aliphatic heterocycles. The van der Waals surface area contributed by atoms with Crippen molar-refractivity contribution in [3.8, 4) is 5.75 Å². The predicted octanol–water partition coefficient (Wildman–Crippen LogP) is 3.02. The fourth-order valence-corrected chi connectivity index (χ4v) is 4.81. The van der Waals surface area contributed by atoms with Gasteiger partial charge in [0.2, 0.25) is 5.91 Å². The first-order valence-electron chi connectivity index (χ1n) is 10.3. The molecule has 0 radical (unpaired) electrons. The Kier molecular flexibility index (Phi) is 5.11. The molecule has 0 N–H and O–H groups in total. The van der Waals surface area contributed by atoms with E-state index in [9.17, 15) is 9.59 Å². The summed E-state index contributed by atoms with van der Waals surface area (Å²) in [7, 11) is 0. The van der Waals surface area contributed by atoms with E-state index in [0.29, 0.717) is 31.0 Å². The molecule has 1 saturated heterocycles. The molecule has 2 aliphatic carbocycles. The maximum atomic E-state index is 12.9. The number of benzene rings is 1. The molecule has 146 valence electrons. The van der Waals surface area contributed by atoms with Crippen LogP contribution in [-0.4, -0.2) is 54.4 Å². The zero-order chi connectivity index (χ0) is 18.9. The van der Waals surface area contributed by atoms with Crippen LogP contribution in [0, 0.1) is 18.3 Å². The Morgan fingerprint density at radius 1 is 1.00 bits per heavy atom. The number of ether oxygens (including phenoxy) is 1. The second-order valence-corrected chi connectivity index (χ2v) is 8.49. The Hall–Kier alpha value is -2.04. The van der Waals surface area contributed by atoms with Crippen molar-refractivity contribution in [3.63, 3.8) is 0 Å². The lowest BCUT2D eigenvalue weighted by Crippen LogP contribution is -2.40. The van der Waals surface area contributed by atoms with Crippen LogP contribution in [0.4, 0.5) is 0 Å². The van der Waals surface area contributed by atoms with E-state index in [0.717, 1.165) is 25.1 Å². The Morgan fingerprint density at radius 2 is 1.67 bits per heavy atom. The van der Waals surface area contributed by atoms with Gasteiger partial charge in [-0.2, -0.15) is 0 Å². The number of carbonyl (C=O) groups excluding carboxylic acids is 2. The summed E-state index contributed by atoms with van der Waals surface area (Å²) in [5.41, 5.74) is 1.52. The summed E-state index contributed by atoms with van der Waals surface area (Å²) in [6, 6.07) is 7.73. The van der Waals surface area contributed by atoms with Crippen LogP contribution < -0.4 is 4.74 Å². The second kappa shape index (κ2) is 7.53. The Bertz CT molecular complexity index is 694. The molecular formula is C22H30N2O3. The predicted molar refractivity (Wildman–Crippen MR) is 103 cm³/mol. The maximum Gasteiger partial charge on any atom is 0.260 e. The summed E-state index contributed by atoms with van der Waals surface area (Å²) >= 11 is 0. The van der Waals surface area contributed by atoms with Crippen molar-refractivity contribution >= 4 is 11.8 Å². The first kappa shape index (κ1) is 18.3. The van der Waals surface area contributed by atoms with Crippen LogP contribution in [0.25, 0.3) is 0 Å². The lowest BCUT2D eigenvalue weighted by molar-refractivity contribution is -0.135. The summed E-state index contributed by atoms with van der Waals surface area (Å²) in [4.78, 5) is 29.3. The fourth-order valence-electron chi connectivity index (χ4n) is 4.81. The Morgan fingerprint density at radius 3 is 2.41 bits per heavy atom. The summed E-state index contributed by atoms with van der Waals surface area (Å²) in [5.74, 6) is 1.31. The molecule has 5 heteroatoms. The third-order valence-corrected chi connectivity index (χ3v) is 6.63. The van der Waals surface area contributed by atoms with Gasteiger partial charge in [0.15, 0.2) is 6.61 Å². The quantitative estimate of drug-likeness (QED) is 0.819. The molecule has 0 aromatic heterocycles. The van der Waals surface area contributed by atoms with Gasteiger partial charge in [-0.25, -0.2) is 0 Å². The highest BCUT2D eigenvalue weighted by Crippen LogP contribution is 2.63. The molecule has 5 nitrogen and oxygen atoms in total. The Balaban J connectivity index is 1.26. The molecule has 3 fully saturated rings. The Labute approximate surface area is 161 Å². The van der Waals surface area contributed by atoms with Crippen molar-refractivity contribution in [2.75, 3.05) is 32.8 Å². The van der Waals surface area contributed by atoms with Crippen LogP contribution in [0.2, 0.25) is 0 Å². The number of aryl methyl sites for hydroxylation is 1. The van der Waals surface area contributed by atoms with E-state index in [1.165, 1.54) is 31.2 Å². The molecule has 3 aliphatic rings. The van der Waals surface area contributed by atoms with Crippen molar-refractivity contribution in [2.45, 2.75) is 45.4 Å². The molecule has 0 bridgehead atoms. The molecule has 2 amide bonds. The number of rotatable bonds is 4. The molecule has 1 aromatic carbocycles. The van der Waals surface area contributed by atoms with Crippen LogP contribution in [-0.2, 0) is 9.59 Å². The molecule has 2 saturated carbocycles. The minimum Gasteiger partial charge on any atom is -0.484 e. The molecule has 4 rings (SSSR count). The van der Waals surface area contributed by atoms with Crippen LogP contribution in [0.1, 0.15) is 44.1 Å². The number of hydrogen-bond donors (Lipinski definition) is 0. The van der Waals surface area contributed by atoms with Gasteiger partial charge in [-0.05, 0) is 50.2 Å². The highest BCUT2D eigenvalue weighted by molar-refractivity contribution is 5.83. The number of hydrogen-bond acceptors (Lipinski definition) is 3. The molecule has 1 aromatic rings. The molecule has 1 atom stereocenters. The largest absolute Gasteiger partial charge is 0.484 e. The van der Waals surface area contributed by atoms with Crippen LogP contribution in [0.5, 0.6) is 5.75 Å². The molecule has 1 spiro atoms. The summed E-state index contributed by atoms with van der Waals surface area (Å²) in [6.45, 7) is 4.82. The van der Waals surface area contributed by atoms with Crippen LogP contribution in [0.3, 0.4) is 0 Å². The van der Waals surface area contributed by atoms with E-state index < -0.39 is 0 Å². The van der Waals surface area contributed by atoms with Crippen molar-refractivity contribution in [2.24, 2.45) is 11.3 Å². The first-order valence-corrected chi connectivity index (χ1v) is 10.3. The van der Waals surface area contributed by atoms with Crippen LogP contribution in [0.15, 0.2) is 24.3 Å². The van der Waals surface area contributed by atoms with Gasteiger partial charge in [0.05, 0.1) is 0 Å². The third-order valence-electron chi connectivity index (χ3n) is 6.63. The standard InChI is InChI=1S/C22H30N2O3/c1-17-5-7-18(8-6-17)27-16-20(25)23-11-4-12-24(14-13-23)21(26)19-15-22(19)9-2-3-10-22/h5-8,19H,2-4,9-16H2,1H3. The lowest BCUT2D eigenvalue weighted by atomic mass is 10.0. The highest BCUT2D eigenvalue weighted by atomic mass is 16.5. The van der Waals surface area contributed by atoms with Gasteiger partial charge in [0.25, 0.3) is 5.91 Å². The molecule has 1 heterocycles. The second-order valence-electron chi connectivity index (χ2n) is 8.49. The summed E-state index contributed by atoms with van der Waals surface area (Å²) in [6.07, 6.45) is 6.98. The topological polar surface area (TPSA) is 49.9 Å². The van der Waals surface area contributed by atoms with Gasteiger partial charge in [-0.15, -0.1) is 0 Å². The average molecular weight is 370 g/mol. The van der Waals surface area contributed by atoms with E-state index in [1.54, 1.807) is 0 Å². The highest BCUT2D eigenvalue weighted by Gasteiger charge is 2.59. The minimum atomic E-state index is 0.00330. The molecular weight excluding hydrogens is 340 g/mol. The molecule has 1 unspecified atom stereocenters. The van der Waals surface area contributed by atoms with Gasteiger partial charge in [0.1, 0.15) is 5.75 Å². The fraction of sp³-hybridized carbons (Fsp3) is 0.636.